The summed E-state index contributed by atoms with van der Waals surface area (Å²) < 4.78 is 27.5. The van der Waals surface area contributed by atoms with Crippen molar-refractivity contribution >= 4 is 29.3 Å². The lowest BCUT2D eigenvalue weighted by atomic mass is 9.78. The third-order valence-corrected chi connectivity index (χ3v) is 10.8. The van der Waals surface area contributed by atoms with E-state index < -0.39 is 5.82 Å². The first kappa shape index (κ1) is 29.9. The molecule has 4 aromatic rings. The molecule has 2 unspecified atom stereocenters. The molecule has 3 heterocycles. The minimum Gasteiger partial charge on any atom is -0.399 e. The SMILES string of the molecule is CC1(C)OB(c2ccc(C3CCC4(CCN(C(=O)c5cc(Cc6n[nH]c(=O)c7ccccc67)ccc5F)C4)C3)cc2)OC1(C)C. The maximum absolute atomic E-state index is 15.1. The number of halogens is 1. The summed E-state index contributed by atoms with van der Waals surface area (Å²) in [6.45, 7) is 9.52. The van der Waals surface area contributed by atoms with Crippen LogP contribution in [0, 0.1) is 11.2 Å². The fourth-order valence-corrected chi connectivity index (χ4v) is 7.39. The summed E-state index contributed by atoms with van der Waals surface area (Å²) in [6.07, 6.45) is 4.43. The summed E-state index contributed by atoms with van der Waals surface area (Å²) in [5.74, 6) is -0.358. The van der Waals surface area contributed by atoms with E-state index in [1.807, 2.05) is 23.1 Å². The quantitative estimate of drug-likeness (QED) is 0.292. The number of H-pyrrole nitrogens is 1. The lowest BCUT2D eigenvalue weighted by molar-refractivity contribution is 0.00578. The first-order valence-corrected chi connectivity index (χ1v) is 15.9. The van der Waals surface area contributed by atoms with Gasteiger partial charge in [-0.2, -0.15) is 5.10 Å². The van der Waals surface area contributed by atoms with Crippen LogP contribution < -0.4 is 11.0 Å². The van der Waals surface area contributed by atoms with E-state index >= 15 is 4.39 Å². The van der Waals surface area contributed by atoms with Crippen molar-refractivity contribution < 1.29 is 18.5 Å². The topological polar surface area (TPSA) is 84.5 Å². The molecule has 9 heteroatoms. The number of aromatic nitrogens is 2. The largest absolute Gasteiger partial charge is 0.494 e. The van der Waals surface area contributed by atoms with Crippen LogP contribution in [0.5, 0.6) is 0 Å². The smallest absolute Gasteiger partial charge is 0.399 e. The average Bonchev–Trinajstić information content (AvgIpc) is 3.70. The van der Waals surface area contributed by atoms with Crippen LogP contribution in [-0.4, -0.2) is 52.4 Å². The lowest BCUT2D eigenvalue weighted by Crippen LogP contribution is -2.41. The van der Waals surface area contributed by atoms with Crippen LogP contribution in [0.1, 0.15) is 86.5 Å². The molecule has 1 N–H and O–H groups in total. The Kier molecular flexibility index (Phi) is 7.25. The number of nitrogens with zero attached hydrogens (tertiary/aromatic N) is 2. The van der Waals surface area contributed by atoms with Gasteiger partial charge >= 0.3 is 7.12 Å². The number of carbonyl (C=O) groups excluding carboxylic acids is 1. The molecule has 0 bridgehead atoms. The Morgan fingerprint density at radius 1 is 1.00 bits per heavy atom. The number of hydrogen-bond acceptors (Lipinski definition) is 5. The van der Waals surface area contributed by atoms with Crippen LogP contribution in [0.2, 0.25) is 0 Å². The number of hydrogen-bond donors (Lipinski definition) is 1. The van der Waals surface area contributed by atoms with Crippen LogP contribution in [-0.2, 0) is 15.7 Å². The molecule has 2 aliphatic heterocycles. The van der Waals surface area contributed by atoms with Crippen molar-refractivity contribution in [1.82, 2.24) is 15.1 Å². The van der Waals surface area contributed by atoms with Crippen LogP contribution >= 0.6 is 0 Å². The molecule has 7 nitrogen and oxygen atoms in total. The summed E-state index contributed by atoms with van der Waals surface area (Å²) in [5.41, 5.74) is 2.91. The van der Waals surface area contributed by atoms with Crippen LogP contribution in [0.3, 0.4) is 0 Å². The Morgan fingerprint density at radius 3 is 2.44 bits per heavy atom. The molecule has 1 aromatic heterocycles. The number of amides is 1. The number of rotatable bonds is 5. The van der Waals surface area contributed by atoms with Gasteiger partial charge in [-0.3, -0.25) is 9.59 Å². The molecule has 2 atom stereocenters. The van der Waals surface area contributed by atoms with E-state index in [0.29, 0.717) is 36.5 Å². The van der Waals surface area contributed by atoms with E-state index in [4.69, 9.17) is 9.31 Å². The maximum atomic E-state index is 15.1. The third-order valence-electron chi connectivity index (χ3n) is 10.8. The Balaban J connectivity index is 1.02. The number of nitrogens with one attached hydrogen (secondary N) is 1. The normalized spacial score (nSPS) is 23.8. The zero-order valence-corrected chi connectivity index (χ0v) is 26.4. The Hall–Kier alpha value is -3.82. The molecule has 2 saturated heterocycles. The van der Waals surface area contributed by atoms with Gasteiger partial charge in [0.15, 0.2) is 0 Å². The molecule has 45 heavy (non-hydrogen) atoms. The van der Waals surface area contributed by atoms with E-state index in [-0.39, 0.29) is 40.8 Å². The van der Waals surface area contributed by atoms with E-state index in [0.717, 1.165) is 42.1 Å². The van der Waals surface area contributed by atoms with Crippen LogP contribution in [0.15, 0.2) is 71.5 Å². The number of aromatic amines is 1. The number of carbonyl (C=O) groups is 1. The zero-order chi connectivity index (χ0) is 31.6. The molecule has 1 amide bonds. The summed E-state index contributed by atoms with van der Waals surface area (Å²) in [7, 11) is -0.375. The maximum Gasteiger partial charge on any atom is 0.494 e. The van der Waals surface area contributed by atoms with Crippen LogP contribution in [0.4, 0.5) is 4.39 Å². The minimum absolute atomic E-state index is 0.0531. The summed E-state index contributed by atoms with van der Waals surface area (Å²) in [6, 6.07) is 20.6. The Labute approximate surface area is 263 Å². The van der Waals surface area contributed by atoms with Gasteiger partial charge in [0.25, 0.3) is 11.5 Å². The van der Waals surface area contributed by atoms with Crippen molar-refractivity contribution in [2.24, 2.45) is 5.41 Å². The lowest BCUT2D eigenvalue weighted by Gasteiger charge is -2.32. The van der Waals surface area contributed by atoms with Gasteiger partial charge in [-0.15, -0.1) is 0 Å². The van der Waals surface area contributed by atoms with E-state index in [2.05, 4.69) is 62.2 Å². The van der Waals surface area contributed by atoms with Crippen molar-refractivity contribution in [2.75, 3.05) is 13.1 Å². The third kappa shape index (κ3) is 5.40. The highest BCUT2D eigenvalue weighted by atomic mass is 19.1. The molecule has 7 rings (SSSR count). The predicted molar refractivity (Wildman–Crippen MR) is 173 cm³/mol. The predicted octanol–water partition coefficient (Wildman–Crippen LogP) is 5.75. The first-order valence-electron chi connectivity index (χ1n) is 15.9. The molecule has 3 aliphatic rings. The highest BCUT2D eigenvalue weighted by Gasteiger charge is 2.52. The van der Waals surface area contributed by atoms with E-state index in [1.54, 1.807) is 18.2 Å². The molecular formula is C36H39BFN3O4. The minimum atomic E-state index is -0.518. The van der Waals surface area contributed by atoms with E-state index in [1.165, 1.54) is 11.6 Å². The van der Waals surface area contributed by atoms with Gasteiger partial charge < -0.3 is 14.2 Å². The van der Waals surface area contributed by atoms with Gasteiger partial charge in [-0.1, -0.05) is 48.5 Å². The number of likely N-dealkylation sites (tertiary alicyclic amines) is 1. The number of fused-ring (bicyclic) bond motifs is 1. The second kappa shape index (κ2) is 10.9. The molecule has 1 spiro atoms. The first-order chi connectivity index (χ1) is 21.4. The zero-order valence-electron chi connectivity index (χ0n) is 26.4. The molecule has 3 fully saturated rings. The molecule has 1 aliphatic carbocycles. The van der Waals surface area contributed by atoms with Gasteiger partial charge in [0.1, 0.15) is 5.82 Å². The van der Waals surface area contributed by atoms with Crippen molar-refractivity contribution in [2.45, 2.75) is 76.9 Å². The standard InChI is InChI=1S/C36H39BFN3O4/c1-34(2)35(3,4)45-37(44-34)26-12-10-24(11-13-26)25-15-16-36(21-25)17-18-41(22-36)33(43)29-19-23(9-14-30(29)38)20-31-27-7-5-6-8-28(27)32(42)40-39-31/h5-14,19,25H,15-18,20-22H2,1-4H3,(H,40,42). The van der Waals surface area contributed by atoms with Gasteiger partial charge in [0.05, 0.1) is 27.8 Å². The fraction of sp³-hybridized carbons (Fsp3) is 0.417. The van der Waals surface area contributed by atoms with Gasteiger partial charge in [-0.25, -0.2) is 9.49 Å². The molecular weight excluding hydrogens is 568 g/mol. The molecule has 3 aromatic carbocycles. The van der Waals surface area contributed by atoms with Gasteiger partial charge in [0, 0.05) is 24.9 Å². The second-order valence-corrected chi connectivity index (χ2v) is 14.2. The highest BCUT2D eigenvalue weighted by molar-refractivity contribution is 6.62. The van der Waals surface area contributed by atoms with Crippen LogP contribution in [0.25, 0.3) is 10.8 Å². The number of benzene rings is 3. The second-order valence-electron chi connectivity index (χ2n) is 14.2. The molecule has 232 valence electrons. The van der Waals surface area contributed by atoms with Gasteiger partial charge in [0.2, 0.25) is 0 Å². The summed E-state index contributed by atoms with van der Waals surface area (Å²) in [4.78, 5) is 27.7. The van der Waals surface area contributed by atoms with Crippen molar-refractivity contribution in [1.29, 1.82) is 0 Å². The molecule has 0 radical (unpaired) electrons. The monoisotopic (exact) mass is 607 g/mol. The van der Waals surface area contributed by atoms with Gasteiger partial charge in [-0.05, 0) is 99.5 Å². The van der Waals surface area contributed by atoms with Crippen molar-refractivity contribution in [3.05, 3.63) is 105 Å². The van der Waals surface area contributed by atoms with E-state index in [9.17, 15) is 9.59 Å². The average molecular weight is 608 g/mol. The van der Waals surface area contributed by atoms with Crippen molar-refractivity contribution in [3.63, 3.8) is 0 Å². The summed E-state index contributed by atoms with van der Waals surface area (Å²) in [5, 5.41) is 8.11. The Morgan fingerprint density at radius 2 is 1.71 bits per heavy atom. The molecule has 1 saturated carbocycles. The summed E-state index contributed by atoms with van der Waals surface area (Å²) >= 11 is 0. The van der Waals surface area contributed by atoms with Crippen molar-refractivity contribution in [3.8, 4) is 0 Å². The Bertz CT molecular complexity index is 1820. The fourth-order valence-electron chi connectivity index (χ4n) is 7.39. The highest BCUT2D eigenvalue weighted by Crippen LogP contribution is 2.51.